The second-order valence-electron chi connectivity index (χ2n) is 12.4. The number of aromatic nitrogens is 4. The predicted molar refractivity (Wildman–Crippen MR) is 165 cm³/mol. The molecular weight excluding hydrogens is 700 g/mol. The van der Waals surface area contributed by atoms with Gasteiger partial charge in [-0.1, -0.05) is 112 Å². The van der Waals surface area contributed by atoms with Crippen molar-refractivity contribution in [2.75, 3.05) is 0 Å². The zero-order valence-electron chi connectivity index (χ0n) is 24.6. The van der Waals surface area contributed by atoms with Crippen LogP contribution in [0.3, 0.4) is 0 Å². The molecule has 0 aliphatic carbocycles. The molecule has 0 aliphatic rings. The largest absolute Gasteiger partial charge is 2.00 e. The maximum Gasteiger partial charge on any atom is 2.00 e. The summed E-state index contributed by atoms with van der Waals surface area (Å²) in [5.41, 5.74) is 7.22. The van der Waals surface area contributed by atoms with Crippen LogP contribution in [0, 0.1) is 12.1 Å². The quantitative estimate of drug-likeness (QED) is 0.170. The van der Waals surface area contributed by atoms with Crippen molar-refractivity contribution >= 4 is 21.8 Å². The van der Waals surface area contributed by atoms with Gasteiger partial charge in [0.15, 0.2) is 0 Å². The van der Waals surface area contributed by atoms with Gasteiger partial charge in [0.2, 0.25) is 0 Å². The van der Waals surface area contributed by atoms with Crippen LogP contribution in [0.2, 0.25) is 0 Å². The van der Waals surface area contributed by atoms with Crippen molar-refractivity contribution in [1.82, 2.24) is 19.9 Å². The molecule has 4 heterocycles. The summed E-state index contributed by atoms with van der Waals surface area (Å²) >= 11 is 0. The second-order valence-corrected chi connectivity index (χ2v) is 12.4. The summed E-state index contributed by atoms with van der Waals surface area (Å²) in [5.74, 6) is 1.12. The molecular formula is C36H32N4OPt. The van der Waals surface area contributed by atoms with Crippen molar-refractivity contribution in [2.45, 2.75) is 52.4 Å². The SMILES string of the molecule is CC(C)(C)c1ccnc(-c2[c-]c(Oc3[c-]c(-c4cc(C(C)(C)C)ccn4)c4ncccc4c3)cc3cccnc23)c1.[Pt+2]. The zero-order valence-corrected chi connectivity index (χ0v) is 26.9. The van der Waals surface area contributed by atoms with E-state index >= 15 is 0 Å². The summed E-state index contributed by atoms with van der Waals surface area (Å²) in [6, 6.07) is 27.1. The molecule has 4 aromatic heterocycles. The summed E-state index contributed by atoms with van der Waals surface area (Å²) < 4.78 is 6.49. The molecule has 0 N–H and O–H groups in total. The smallest absolute Gasteiger partial charge is 0.497 e. The van der Waals surface area contributed by atoms with E-state index in [2.05, 4.69) is 87.9 Å². The fourth-order valence-electron chi connectivity index (χ4n) is 4.87. The number of benzene rings is 2. The van der Waals surface area contributed by atoms with Gasteiger partial charge >= 0.3 is 21.1 Å². The Labute approximate surface area is 261 Å². The van der Waals surface area contributed by atoms with E-state index in [0.29, 0.717) is 11.5 Å². The molecule has 0 spiro atoms. The van der Waals surface area contributed by atoms with Crippen LogP contribution in [0.5, 0.6) is 11.5 Å². The molecule has 0 saturated heterocycles. The number of hydrogen-bond acceptors (Lipinski definition) is 5. The first-order valence-electron chi connectivity index (χ1n) is 13.8. The minimum absolute atomic E-state index is 0. The van der Waals surface area contributed by atoms with Gasteiger partial charge in [-0.3, -0.25) is 0 Å². The van der Waals surface area contributed by atoms with Gasteiger partial charge in [-0.25, -0.2) is 0 Å². The van der Waals surface area contributed by atoms with Crippen LogP contribution in [0.15, 0.2) is 85.5 Å². The van der Waals surface area contributed by atoms with Crippen molar-refractivity contribution < 1.29 is 25.8 Å². The standard InChI is InChI=1S/C36H32N4O.Pt/c1-35(2,3)25-11-15-37-31(19-25)29-21-27(17-23-9-7-13-39-33(23)29)41-28-18-24-10-8-14-40-34(24)30(22-28)32-20-26(12-16-38-32)36(4,5)6;/h7-20H,1-6H3;/q-2;+2. The van der Waals surface area contributed by atoms with Crippen molar-refractivity contribution in [3.05, 3.63) is 109 Å². The van der Waals surface area contributed by atoms with Gasteiger partial charge < -0.3 is 24.7 Å². The third-order valence-corrected chi connectivity index (χ3v) is 7.21. The second kappa shape index (κ2) is 11.4. The monoisotopic (exact) mass is 731 g/mol. The van der Waals surface area contributed by atoms with Gasteiger partial charge in [0, 0.05) is 36.3 Å². The maximum absolute atomic E-state index is 6.49. The molecule has 0 saturated carbocycles. The Morgan fingerprint density at radius 3 is 1.38 bits per heavy atom. The Balaban J connectivity index is 0.00000353. The first-order valence-corrected chi connectivity index (χ1v) is 13.8. The number of pyridine rings is 4. The van der Waals surface area contributed by atoms with Crippen molar-refractivity contribution in [2.24, 2.45) is 0 Å². The number of nitrogens with zero attached hydrogens (tertiary/aromatic N) is 4. The average Bonchev–Trinajstić information content (AvgIpc) is 2.95. The summed E-state index contributed by atoms with van der Waals surface area (Å²) in [6.45, 7) is 13.2. The van der Waals surface area contributed by atoms with Crippen molar-refractivity contribution in [1.29, 1.82) is 0 Å². The Morgan fingerprint density at radius 2 is 0.976 bits per heavy atom. The number of rotatable bonds is 4. The average molecular weight is 732 g/mol. The van der Waals surface area contributed by atoms with Gasteiger partial charge in [0.25, 0.3) is 0 Å². The molecule has 0 amide bonds. The van der Waals surface area contributed by atoms with E-state index in [1.54, 1.807) is 12.4 Å². The molecule has 6 rings (SSSR count). The normalized spacial score (nSPS) is 11.9. The Morgan fingerprint density at radius 1 is 0.548 bits per heavy atom. The molecule has 0 unspecified atom stereocenters. The van der Waals surface area contributed by atoms with Gasteiger partial charge in [0.1, 0.15) is 0 Å². The first kappa shape index (κ1) is 29.5. The first-order chi connectivity index (χ1) is 19.6. The predicted octanol–water partition coefficient (Wildman–Crippen LogP) is 8.89. The van der Waals surface area contributed by atoms with Gasteiger partial charge in [-0.05, 0) is 68.6 Å². The van der Waals surface area contributed by atoms with E-state index < -0.39 is 0 Å². The van der Waals surface area contributed by atoms with Gasteiger partial charge in [0.05, 0.1) is 0 Å². The minimum atomic E-state index is -0.0160. The molecule has 0 bridgehead atoms. The maximum atomic E-state index is 6.49. The Hall–Kier alpha value is -3.95. The number of hydrogen-bond donors (Lipinski definition) is 0. The van der Waals surface area contributed by atoms with Crippen LogP contribution in [-0.4, -0.2) is 19.9 Å². The van der Waals surface area contributed by atoms with E-state index in [1.165, 1.54) is 11.1 Å². The van der Waals surface area contributed by atoms with Crippen molar-refractivity contribution in [3.63, 3.8) is 0 Å². The molecule has 0 atom stereocenters. The molecule has 42 heavy (non-hydrogen) atoms. The Bertz CT molecular complexity index is 1770. The van der Waals surface area contributed by atoms with Crippen LogP contribution >= 0.6 is 0 Å². The third-order valence-electron chi connectivity index (χ3n) is 7.21. The summed E-state index contributed by atoms with van der Waals surface area (Å²) in [5, 5.41) is 1.89. The van der Waals surface area contributed by atoms with Crippen LogP contribution in [0.25, 0.3) is 44.3 Å². The van der Waals surface area contributed by atoms with E-state index in [4.69, 9.17) is 14.7 Å². The molecule has 0 radical (unpaired) electrons. The van der Waals surface area contributed by atoms with Crippen LogP contribution in [0.4, 0.5) is 0 Å². The molecule has 2 aromatic carbocycles. The summed E-state index contributed by atoms with van der Waals surface area (Å²) in [7, 11) is 0. The zero-order chi connectivity index (χ0) is 28.8. The summed E-state index contributed by atoms with van der Waals surface area (Å²) in [6.07, 6.45) is 7.29. The number of ether oxygens (including phenoxy) is 1. The van der Waals surface area contributed by atoms with Gasteiger partial charge in [-0.2, -0.15) is 0 Å². The molecule has 212 valence electrons. The molecule has 0 aliphatic heterocycles. The Kier molecular flexibility index (Phi) is 8.00. The minimum Gasteiger partial charge on any atom is -0.497 e. The topological polar surface area (TPSA) is 60.8 Å². The molecule has 5 nitrogen and oxygen atoms in total. The fraction of sp³-hybridized carbons (Fsp3) is 0.222. The third kappa shape index (κ3) is 5.98. The fourth-order valence-corrected chi connectivity index (χ4v) is 4.87. The van der Waals surface area contributed by atoms with E-state index in [9.17, 15) is 0 Å². The molecule has 6 heteroatoms. The summed E-state index contributed by atoms with van der Waals surface area (Å²) in [4.78, 5) is 18.7. The number of fused-ring (bicyclic) bond motifs is 2. The van der Waals surface area contributed by atoms with Crippen LogP contribution < -0.4 is 4.74 Å². The van der Waals surface area contributed by atoms with E-state index in [0.717, 1.165) is 44.3 Å². The van der Waals surface area contributed by atoms with E-state index in [1.807, 2.05) is 48.8 Å². The molecule has 0 fully saturated rings. The molecule has 6 aromatic rings. The van der Waals surface area contributed by atoms with E-state index in [-0.39, 0.29) is 31.9 Å². The van der Waals surface area contributed by atoms with Crippen LogP contribution in [0.1, 0.15) is 52.7 Å². The van der Waals surface area contributed by atoms with Crippen LogP contribution in [-0.2, 0) is 31.9 Å². The van der Waals surface area contributed by atoms with Crippen molar-refractivity contribution in [3.8, 4) is 34.0 Å². The van der Waals surface area contributed by atoms with Gasteiger partial charge in [-0.15, -0.1) is 0 Å².